The molecule has 0 saturated heterocycles. The highest BCUT2D eigenvalue weighted by molar-refractivity contribution is 5.89. The van der Waals surface area contributed by atoms with Crippen LogP contribution in [0.25, 0.3) is 23.3 Å². The van der Waals surface area contributed by atoms with Crippen molar-refractivity contribution in [3.63, 3.8) is 0 Å². The van der Waals surface area contributed by atoms with Crippen molar-refractivity contribution < 1.29 is 5.11 Å². The van der Waals surface area contributed by atoms with Crippen molar-refractivity contribution in [3.8, 4) is 0 Å². The first kappa shape index (κ1) is 19.6. The molecule has 0 unspecified atom stereocenters. The minimum atomic E-state index is 0.00530. The number of benzene rings is 2. The third-order valence-electron chi connectivity index (χ3n) is 4.61. The highest BCUT2D eigenvalue weighted by Gasteiger charge is 2.12. The number of nitrogens with zero attached hydrogens (tertiary/aromatic N) is 4. The van der Waals surface area contributed by atoms with Crippen LogP contribution in [0.3, 0.4) is 0 Å². The van der Waals surface area contributed by atoms with Gasteiger partial charge >= 0.3 is 0 Å². The third kappa shape index (κ3) is 4.82. The number of fused-ring (bicyclic) bond motifs is 1. The summed E-state index contributed by atoms with van der Waals surface area (Å²) in [5.74, 6) is 1.17. The number of nitrogens with one attached hydrogen (secondary N) is 2. The lowest BCUT2D eigenvalue weighted by Gasteiger charge is -2.10. The van der Waals surface area contributed by atoms with Gasteiger partial charge < -0.3 is 15.7 Å². The molecule has 4 aromatic rings. The Labute approximate surface area is 175 Å². The minimum Gasteiger partial charge on any atom is -0.395 e. The summed E-state index contributed by atoms with van der Waals surface area (Å²) in [5.41, 5.74) is 3.03. The zero-order chi connectivity index (χ0) is 20.6. The lowest BCUT2D eigenvalue weighted by atomic mass is 10.1. The second-order valence-corrected chi connectivity index (χ2v) is 6.76. The molecule has 0 bridgehead atoms. The van der Waals surface area contributed by atoms with Gasteiger partial charge in [-0.15, -0.1) is 0 Å². The second-order valence-electron chi connectivity index (χ2n) is 6.76. The fraction of sp³-hybridized carbons (Fsp3) is 0.174. The van der Waals surface area contributed by atoms with Gasteiger partial charge in [-0.05, 0) is 23.6 Å². The molecule has 0 atom stereocenters. The summed E-state index contributed by atoms with van der Waals surface area (Å²) in [4.78, 5) is 9.17. The van der Waals surface area contributed by atoms with Crippen LogP contribution in [-0.4, -0.2) is 44.6 Å². The first-order valence-electron chi connectivity index (χ1n) is 9.94. The van der Waals surface area contributed by atoms with Crippen LogP contribution in [-0.2, 0) is 6.42 Å². The Morgan fingerprint density at radius 2 is 1.67 bits per heavy atom. The molecular weight excluding hydrogens is 376 g/mol. The molecule has 2 aromatic heterocycles. The zero-order valence-electron chi connectivity index (χ0n) is 16.6. The Hall–Kier alpha value is -3.71. The Bertz CT molecular complexity index is 1110. The van der Waals surface area contributed by atoms with Gasteiger partial charge in [-0.2, -0.15) is 15.1 Å². The Morgan fingerprint density at radius 3 is 2.43 bits per heavy atom. The lowest BCUT2D eigenvalue weighted by molar-refractivity contribution is 0.311. The Balaban J connectivity index is 1.59. The summed E-state index contributed by atoms with van der Waals surface area (Å²) in [5, 5.41) is 20.9. The van der Waals surface area contributed by atoms with E-state index in [1.807, 2.05) is 60.8 Å². The van der Waals surface area contributed by atoms with Crippen LogP contribution in [0.5, 0.6) is 0 Å². The third-order valence-corrected chi connectivity index (χ3v) is 4.61. The topological polar surface area (TPSA) is 87.9 Å². The van der Waals surface area contributed by atoms with Gasteiger partial charge in [0.2, 0.25) is 5.95 Å². The molecule has 30 heavy (non-hydrogen) atoms. The van der Waals surface area contributed by atoms with Crippen molar-refractivity contribution >= 4 is 35.1 Å². The van der Waals surface area contributed by atoms with Gasteiger partial charge in [0.1, 0.15) is 5.82 Å². The van der Waals surface area contributed by atoms with Crippen molar-refractivity contribution in [1.82, 2.24) is 19.7 Å². The highest BCUT2D eigenvalue weighted by Crippen LogP contribution is 2.22. The lowest BCUT2D eigenvalue weighted by Crippen LogP contribution is -2.12. The predicted molar refractivity (Wildman–Crippen MR) is 121 cm³/mol. The molecule has 0 aliphatic carbocycles. The Morgan fingerprint density at radius 1 is 0.900 bits per heavy atom. The fourth-order valence-electron chi connectivity index (χ4n) is 3.11. The van der Waals surface area contributed by atoms with Gasteiger partial charge in [0.05, 0.1) is 18.2 Å². The molecule has 0 aliphatic rings. The molecule has 0 spiro atoms. The molecule has 0 fully saturated rings. The molecule has 152 valence electrons. The van der Waals surface area contributed by atoms with E-state index in [4.69, 9.17) is 5.11 Å². The van der Waals surface area contributed by atoms with Crippen LogP contribution in [0.4, 0.5) is 11.8 Å². The zero-order valence-corrected chi connectivity index (χ0v) is 16.6. The number of rotatable bonds is 9. The van der Waals surface area contributed by atoms with Gasteiger partial charge in [0.15, 0.2) is 5.65 Å². The van der Waals surface area contributed by atoms with Crippen LogP contribution < -0.4 is 10.6 Å². The van der Waals surface area contributed by atoms with Crippen molar-refractivity contribution in [2.24, 2.45) is 0 Å². The standard InChI is InChI=1S/C23H24N6O/c30-16-14-25-23-27-21(24-13-11-18-7-3-1-4-8-18)20-17-26-29(22(20)28-23)15-12-19-9-5-2-6-10-19/h1-10,12,15,17,30H,11,13-14,16H2,(H2,24,25,27,28). The molecule has 7 nitrogen and oxygen atoms in total. The van der Waals surface area contributed by atoms with Crippen molar-refractivity contribution in [2.75, 3.05) is 30.3 Å². The number of anilines is 2. The average Bonchev–Trinajstić information content (AvgIpc) is 3.21. The maximum absolute atomic E-state index is 9.14. The number of aromatic nitrogens is 4. The van der Waals surface area contributed by atoms with E-state index in [0.717, 1.165) is 29.7 Å². The molecule has 2 aromatic carbocycles. The number of aliphatic hydroxyl groups excluding tert-OH is 1. The van der Waals surface area contributed by atoms with Gasteiger partial charge in [0.25, 0.3) is 0 Å². The largest absolute Gasteiger partial charge is 0.395 e. The van der Waals surface area contributed by atoms with E-state index in [1.54, 1.807) is 10.9 Å². The Kier molecular flexibility index (Phi) is 6.31. The maximum atomic E-state index is 9.14. The van der Waals surface area contributed by atoms with Crippen molar-refractivity contribution in [1.29, 1.82) is 0 Å². The monoisotopic (exact) mass is 400 g/mol. The van der Waals surface area contributed by atoms with Crippen molar-refractivity contribution in [3.05, 3.63) is 78.0 Å². The summed E-state index contributed by atoms with van der Waals surface area (Å²) in [6.45, 7) is 1.12. The van der Waals surface area contributed by atoms with E-state index in [0.29, 0.717) is 18.1 Å². The summed E-state index contributed by atoms with van der Waals surface area (Å²) in [6.07, 6.45) is 6.52. The SMILES string of the molecule is OCCNc1nc(NCCc2ccccc2)c2cnn(C=Cc3ccccc3)c2n1. The van der Waals surface area contributed by atoms with E-state index in [2.05, 4.69) is 37.8 Å². The summed E-state index contributed by atoms with van der Waals surface area (Å²) >= 11 is 0. The quantitative estimate of drug-likeness (QED) is 0.398. The summed E-state index contributed by atoms with van der Waals surface area (Å²) < 4.78 is 1.73. The molecule has 3 N–H and O–H groups in total. The maximum Gasteiger partial charge on any atom is 0.226 e. The van der Waals surface area contributed by atoms with E-state index in [1.165, 1.54) is 5.56 Å². The van der Waals surface area contributed by atoms with Crippen LogP contribution in [0, 0.1) is 0 Å². The minimum absolute atomic E-state index is 0.00530. The predicted octanol–water partition coefficient (Wildman–Crippen LogP) is 3.51. The van der Waals surface area contributed by atoms with E-state index < -0.39 is 0 Å². The fourth-order valence-corrected chi connectivity index (χ4v) is 3.11. The number of aliphatic hydroxyl groups is 1. The number of hydrogen-bond donors (Lipinski definition) is 3. The van der Waals surface area contributed by atoms with Crippen LogP contribution in [0.1, 0.15) is 11.1 Å². The molecule has 0 amide bonds. The normalized spacial score (nSPS) is 11.2. The van der Waals surface area contributed by atoms with E-state index >= 15 is 0 Å². The summed E-state index contributed by atoms with van der Waals surface area (Å²) in [7, 11) is 0. The van der Waals surface area contributed by atoms with Crippen LogP contribution in [0.15, 0.2) is 66.9 Å². The smallest absolute Gasteiger partial charge is 0.226 e. The molecule has 0 saturated carbocycles. The molecular formula is C23H24N6O. The van der Waals surface area contributed by atoms with Crippen LogP contribution in [0.2, 0.25) is 0 Å². The first-order chi connectivity index (χ1) is 14.8. The van der Waals surface area contributed by atoms with E-state index in [9.17, 15) is 0 Å². The van der Waals surface area contributed by atoms with E-state index in [-0.39, 0.29) is 6.61 Å². The molecule has 7 heteroatoms. The van der Waals surface area contributed by atoms with Gasteiger partial charge in [0, 0.05) is 19.3 Å². The highest BCUT2D eigenvalue weighted by atomic mass is 16.3. The first-order valence-corrected chi connectivity index (χ1v) is 9.94. The molecule has 2 heterocycles. The van der Waals surface area contributed by atoms with Crippen LogP contribution >= 0.6 is 0 Å². The van der Waals surface area contributed by atoms with Crippen molar-refractivity contribution in [2.45, 2.75) is 6.42 Å². The molecule has 0 aliphatic heterocycles. The average molecular weight is 400 g/mol. The molecule has 4 rings (SSSR count). The van der Waals surface area contributed by atoms with Gasteiger partial charge in [-0.1, -0.05) is 60.7 Å². The number of hydrogen-bond acceptors (Lipinski definition) is 6. The van der Waals surface area contributed by atoms with Gasteiger partial charge in [-0.3, -0.25) is 0 Å². The molecule has 0 radical (unpaired) electrons. The second kappa shape index (κ2) is 9.67. The summed E-state index contributed by atoms with van der Waals surface area (Å²) in [6, 6.07) is 20.3. The van der Waals surface area contributed by atoms with Gasteiger partial charge in [-0.25, -0.2) is 4.68 Å².